The van der Waals surface area contributed by atoms with Gasteiger partial charge in [-0.05, 0) is 24.8 Å². The Morgan fingerprint density at radius 2 is 1.85 bits per heavy atom. The van der Waals surface area contributed by atoms with Crippen molar-refractivity contribution >= 4 is 6.08 Å². The Morgan fingerprint density at radius 1 is 1.15 bits per heavy atom. The van der Waals surface area contributed by atoms with Crippen LogP contribution < -0.4 is 5.73 Å². The summed E-state index contributed by atoms with van der Waals surface area (Å²) >= 11 is 0. The molecule has 2 rings (SSSR count). The molecule has 0 aromatic heterocycles. The normalized spacial score (nSPS) is 20.1. The van der Waals surface area contributed by atoms with Gasteiger partial charge in [0, 0.05) is 5.54 Å². The van der Waals surface area contributed by atoms with Crippen molar-refractivity contribution in [1.82, 2.24) is 0 Å². The van der Waals surface area contributed by atoms with Crippen LogP contribution in [0.5, 0.6) is 0 Å². The van der Waals surface area contributed by atoms with Crippen LogP contribution in [-0.2, 0) is 0 Å². The smallest absolute Gasteiger partial charge is 0.0342 e. The number of hydrogen-bond acceptors (Lipinski definition) is 1. The summed E-state index contributed by atoms with van der Waals surface area (Å²) in [5.41, 5.74) is 7.30. The quantitative estimate of drug-likeness (QED) is 0.731. The summed E-state index contributed by atoms with van der Waals surface area (Å²) < 4.78 is 0. The Kier molecular flexibility index (Phi) is 2.19. The molecule has 0 radical (unpaired) electrons. The van der Waals surface area contributed by atoms with Crippen molar-refractivity contribution in [2.24, 2.45) is 5.73 Å². The highest BCUT2D eigenvalue weighted by Crippen LogP contribution is 2.30. The van der Waals surface area contributed by atoms with Gasteiger partial charge in [0.25, 0.3) is 0 Å². The molecule has 0 bridgehead atoms. The van der Waals surface area contributed by atoms with E-state index in [1.54, 1.807) is 0 Å². The molecule has 1 saturated carbocycles. The van der Waals surface area contributed by atoms with Crippen LogP contribution in [0.15, 0.2) is 36.4 Å². The first-order chi connectivity index (χ1) is 6.29. The third-order valence-corrected chi connectivity index (χ3v) is 2.69. The molecule has 0 aliphatic heterocycles. The molecule has 0 saturated heterocycles. The lowest BCUT2D eigenvalue weighted by atomic mass is 9.77. The number of rotatable bonds is 2. The molecule has 1 aliphatic rings. The fourth-order valence-corrected chi connectivity index (χ4v) is 1.58. The van der Waals surface area contributed by atoms with Gasteiger partial charge in [0.1, 0.15) is 0 Å². The number of hydrogen-bond donors (Lipinski definition) is 1. The van der Waals surface area contributed by atoms with Crippen LogP contribution >= 0.6 is 0 Å². The molecule has 13 heavy (non-hydrogen) atoms. The first kappa shape index (κ1) is 8.52. The Labute approximate surface area is 79.3 Å². The standard InChI is InChI=1S/C12H15N/c13-12(8-4-9-12)10-7-11-5-2-1-3-6-11/h1-3,5-7,10H,4,8-9,13H2/b10-7+. The minimum atomic E-state index is -0.00413. The lowest BCUT2D eigenvalue weighted by Gasteiger charge is -2.35. The third kappa shape index (κ3) is 1.99. The van der Waals surface area contributed by atoms with Gasteiger partial charge in [-0.15, -0.1) is 0 Å². The topological polar surface area (TPSA) is 26.0 Å². The van der Waals surface area contributed by atoms with E-state index >= 15 is 0 Å². The van der Waals surface area contributed by atoms with E-state index in [0.717, 1.165) is 12.8 Å². The van der Waals surface area contributed by atoms with E-state index in [2.05, 4.69) is 24.3 Å². The van der Waals surface area contributed by atoms with Gasteiger partial charge in [0.2, 0.25) is 0 Å². The van der Waals surface area contributed by atoms with Gasteiger partial charge in [-0.3, -0.25) is 0 Å². The van der Waals surface area contributed by atoms with E-state index in [9.17, 15) is 0 Å². The largest absolute Gasteiger partial charge is 0.322 e. The Hall–Kier alpha value is -1.08. The SMILES string of the molecule is NC1(/C=C/c2ccccc2)CCC1. The highest BCUT2D eigenvalue weighted by Gasteiger charge is 2.28. The number of benzene rings is 1. The summed E-state index contributed by atoms with van der Waals surface area (Å²) in [5, 5.41) is 0. The van der Waals surface area contributed by atoms with Crippen LogP contribution in [-0.4, -0.2) is 5.54 Å². The first-order valence-electron chi connectivity index (χ1n) is 4.82. The maximum atomic E-state index is 6.06. The average Bonchev–Trinajstić information content (AvgIpc) is 2.13. The van der Waals surface area contributed by atoms with Crippen LogP contribution in [0, 0.1) is 0 Å². The zero-order valence-electron chi connectivity index (χ0n) is 7.74. The molecule has 1 nitrogen and oxygen atoms in total. The zero-order valence-corrected chi connectivity index (χ0v) is 7.74. The molecule has 0 heterocycles. The lowest BCUT2D eigenvalue weighted by Crippen LogP contribution is -2.44. The van der Waals surface area contributed by atoms with Crippen LogP contribution in [0.1, 0.15) is 24.8 Å². The molecule has 1 aromatic rings. The second-order valence-electron chi connectivity index (χ2n) is 3.83. The molecule has 0 amide bonds. The fourth-order valence-electron chi connectivity index (χ4n) is 1.58. The van der Waals surface area contributed by atoms with Crippen LogP contribution in [0.3, 0.4) is 0 Å². The van der Waals surface area contributed by atoms with Gasteiger partial charge in [0.05, 0.1) is 0 Å². The fraction of sp³-hybridized carbons (Fsp3) is 0.333. The number of nitrogens with two attached hydrogens (primary N) is 1. The molecule has 0 unspecified atom stereocenters. The van der Waals surface area contributed by atoms with Gasteiger partial charge in [-0.1, -0.05) is 42.5 Å². The van der Waals surface area contributed by atoms with Crippen LogP contribution in [0.4, 0.5) is 0 Å². The van der Waals surface area contributed by atoms with Crippen molar-refractivity contribution in [3.8, 4) is 0 Å². The summed E-state index contributed by atoms with van der Waals surface area (Å²) in [6, 6.07) is 10.3. The van der Waals surface area contributed by atoms with Crippen molar-refractivity contribution in [2.45, 2.75) is 24.8 Å². The molecule has 1 aliphatic carbocycles. The molecule has 1 aromatic carbocycles. The van der Waals surface area contributed by atoms with Gasteiger partial charge in [0.15, 0.2) is 0 Å². The summed E-state index contributed by atoms with van der Waals surface area (Å²) in [7, 11) is 0. The lowest BCUT2D eigenvalue weighted by molar-refractivity contribution is 0.318. The van der Waals surface area contributed by atoms with Crippen molar-refractivity contribution in [3.05, 3.63) is 42.0 Å². The summed E-state index contributed by atoms with van der Waals surface area (Å²) in [6.45, 7) is 0. The van der Waals surface area contributed by atoms with E-state index in [1.807, 2.05) is 18.2 Å². The molecule has 2 N–H and O–H groups in total. The van der Waals surface area contributed by atoms with Crippen molar-refractivity contribution in [1.29, 1.82) is 0 Å². The minimum absolute atomic E-state index is 0.00413. The summed E-state index contributed by atoms with van der Waals surface area (Å²) in [4.78, 5) is 0. The summed E-state index contributed by atoms with van der Waals surface area (Å²) in [6.07, 6.45) is 7.81. The molecule has 68 valence electrons. The molecule has 1 fully saturated rings. The highest BCUT2D eigenvalue weighted by atomic mass is 14.8. The minimum Gasteiger partial charge on any atom is -0.322 e. The van der Waals surface area contributed by atoms with E-state index in [1.165, 1.54) is 12.0 Å². The molecule has 0 spiro atoms. The zero-order chi connectivity index (χ0) is 9.15. The summed E-state index contributed by atoms with van der Waals surface area (Å²) in [5.74, 6) is 0. The van der Waals surface area contributed by atoms with E-state index in [0.29, 0.717) is 0 Å². The second-order valence-corrected chi connectivity index (χ2v) is 3.83. The van der Waals surface area contributed by atoms with E-state index in [4.69, 9.17) is 5.73 Å². The molecule has 0 atom stereocenters. The Bertz CT molecular complexity index is 296. The predicted octanol–water partition coefficient (Wildman–Crippen LogP) is 2.58. The van der Waals surface area contributed by atoms with Gasteiger partial charge < -0.3 is 5.73 Å². The maximum Gasteiger partial charge on any atom is 0.0342 e. The van der Waals surface area contributed by atoms with Crippen molar-refractivity contribution in [2.75, 3.05) is 0 Å². The molecule has 1 heteroatoms. The molecular weight excluding hydrogens is 158 g/mol. The second kappa shape index (κ2) is 3.35. The van der Waals surface area contributed by atoms with E-state index in [-0.39, 0.29) is 5.54 Å². The van der Waals surface area contributed by atoms with Gasteiger partial charge >= 0.3 is 0 Å². The van der Waals surface area contributed by atoms with Crippen molar-refractivity contribution in [3.63, 3.8) is 0 Å². The Balaban J connectivity index is 2.05. The monoisotopic (exact) mass is 173 g/mol. The van der Waals surface area contributed by atoms with Crippen LogP contribution in [0.2, 0.25) is 0 Å². The van der Waals surface area contributed by atoms with Crippen molar-refractivity contribution < 1.29 is 0 Å². The predicted molar refractivity (Wildman–Crippen MR) is 56.2 cm³/mol. The van der Waals surface area contributed by atoms with Crippen LogP contribution in [0.25, 0.3) is 6.08 Å². The first-order valence-corrected chi connectivity index (χ1v) is 4.82. The van der Waals surface area contributed by atoms with Gasteiger partial charge in [-0.2, -0.15) is 0 Å². The highest BCUT2D eigenvalue weighted by molar-refractivity contribution is 5.50. The van der Waals surface area contributed by atoms with E-state index < -0.39 is 0 Å². The Morgan fingerprint density at radius 3 is 2.38 bits per heavy atom. The molecular formula is C12H15N. The maximum absolute atomic E-state index is 6.06. The van der Waals surface area contributed by atoms with Gasteiger partial charge in [-0.25, -0.2) is 0 Å². The third-order valence-electron chi connectivity index (χ3n) is 2.69. The average molecular weight is 173 g/mol.